The Morgan fingerprint density at radius 1 is 1.17 bits per heavy atom. The van der Waals surface area contributed by atoms with Gasteiger partial charge in [0.2, 0.25) is 16.8 Å². The molecule has 1 amide bonds. The predicted molar refractivity (Wildman–Crippen MR) is 117 cm³/mol. The lowest BCUT2D eigenvalue weighted by atomic mass is 10.1. The fraction of sp³-hybridized carbons (Fsp3) is 0.227. The minimum atomic E-state index is -0.139. The van der Waals surface area contributed by atoms with Crippen LogP contribution in [-0.2, 0) is 4.79 Å². The van der Waals surface area contributed by atoms with Gasteiger partial charge in [-0.2, -0.15) is 4.98 Å². The van der Waals surface area contributed by atoms with E-state index >= 15 is 0 Å². The van der Waals surface area contributed by atoms with Crippen LogP contribution in [0.3, 0.4) is 0 Å². The Balaban J connectivity index is 1.35. The second-order valence-electron chi connectivity index (χ2n) is 6.76. The summed E-state index contributed by atoms with van der Waals surface area (Å²) in [6.07, 6.45) is 0.937. The first-order chi connectivity index (χ1) is 14.6. The molecule has 0 unspecified atom stereocenters. The molecule has 4 aromatic rings. The fourth-order valence-corrected chi connectivity index (χ4v) is 3.84. The maximum absolute atomic E-state index is 12.2. The number of fused-ring (bicyclic) bond motifs is 1. The average Bonchev–Trinajstić information content (AvgIpc) is 3.32. The van der Waals surface area contributed by atoms with Crippen LogP contribution in [0.5, 0.6) is 11.5 Å². The number of nitrogens with zero attached hydrogens (tertiary/aromatic N) is 3. The van der Waals surface area contributed by atoms with E-state index in [1.54, 1.807) is 11.6 Å². The lowest BCUT2D eigenvalue weighted by Crippen LogP contribution is -2.14. The number of hydrogen-bond acceptors (Lipinski definition) is 6. The first-order valence-electron chi connectivity index (χ1n) is 9.61. The number of methoxy groups -OCH3 is 1. The lowest BCUT2D eigenvalue weighted by molar-refractivity contribution is -0.116. The van der Waals surface area contributed by atoms with Crippen molar-refractivity contribution in [3.63, 3.8) is 0 Å². The zero-order chi connectivity index (χ0) is 20.9. The Morgan fingerprint density at radius 3 is 2.77 bits per heavy atom. The molecule has 0 aliphatic heterocycles. The summed E-state index contributed by atoms with van der Waals surface area (Å²) in [7, 11) is 1.64. The highest BCUT2D eigenvalue weighted by Gasteiger charge is 2.15. The van der Waals surface area contributed by atoms with Gasteiger partial charge in [0.15, 0.2) is 0 Å². The Morgan fingerprint density at radius 2 is 1.97 bits per heavy atom. The minimum Gasteiger partial charge on any atom is -0.496 e. The van der Waals surface area contributed by atoms with E-state index in [1.807, 2.05) is 60.8 Å². The molecule has 0 saturated carbocycles. The number of benzene rings is 2. The maximum Gasteiger partial charge on any atom is 0.250 e. The molecule has 0 fully saturated rings. The van der Waals surface area contributed by atoms with Crippen molar-refractivity contribution in [3.8, 4) is 22.8 Å². The van der Waals surface area contributed by atoms with Crippen LogP contribution in [0.4, 0.5) is 5.95 Å². The van der Waals surface area contributed by atoms with Crippen LogP contribution in [0.1, 0.15) is 18.4 Å². The van der Waals surface area contributed by atoms with Gasteiger partial charge >= 0.3 is 0 Å². The van der Waals surface area contributed by atoms with Crippen molar-refractivity contribution in [2.24, 2.45) is 0 Å². The molecule has 154 valence electrons. The second kappa shape index (κ2) is 8.96. The summed E-state index contributed by atoms with van der Waals surface area (Å²) in [6.45, 7) is 2.50. The zero-order valence-electron chi connectivity index (χ0n) is 16.8. The average molecular weight is 423 g/mol. The highest BCUT2D eigenvalue weighted by Crippen LogP contribution is 2.32. The Hall–Kier alpha value is -3.39. The summed E-state index contributed by atoms with van der Waals surface area (Å²) in [4.78, 5) is 17.4. The van der Waals surface area contributed by atoms with Gasteiger partial charge < -0.3 is 9.47 Å². The third kappa shape index (κ3) is 4.44. The molecular weight excluding hydrogens is 400 g/mol. The predicted octanol–water partition coefficient (Wildman–Crippen LogP) is 4.57. The number of carbonyl (C=O) groups excluding carboxylic acids is 1. The maximum atomic E-state index is 12.2. The van der Waals surface area contributed by atoms with Crippen LogP contribution in [0, 0.1) is 6.92 Å². The molecule has 1 N–H and O–H groups in total. The van der Waals surface area contributed by atoms with E-state index in [0.717, 1.165) is 22.8 Å². The van der Waals surface area contributed by atoms with Gasteiger partial charge in [-0.05, 0) is 37.6 Å². The van der Waals surface area contributed by atoms with E-state index in [9.17, 15) is 4.79 Å². The Labute approximate surface area is 178 Å². The number of hydrogen-bond donors (Lipinski definition) is 1. The number of nitrogens with one attached hydrogen (secondary N) is 1. The molecule has 0 atom stereocenters. The van der Waals surface area contributed by atoms with E-state index in [4.69, 9.17) is 9.47 Å². The number of rotatable bonds is 8. The molecule has 0 bridgehead atoms. The number of carbonyl (C=O) groups is 1. The van der Waals surface area contributed by atoms with Crippen LogP contribution in [0.15, 0.2) is 53.9 Å². The quantitative estimate of drug-likeness (QED) is 0.421. The second-order valence-corrected chi connectivity index (χ2v) is 7.60. The molecular formula is C22H22N4O3S. The lowest BCUT2D eigenvalue weighted by Gasteiger charge is -2.06. The van der Waals surface area contributed by atoms with Crippen molar-refractivity contribution in [1.29, 1.82) is 0 Å². The summed E-state index contributed by atoms with van der Waals surface area (Å²) in [6, 6.07) is 15.6. The molecule has 0 saturated heterocycles. The normalized spacial score (nSPS) is 10.9. The number of ether oxygens (including phenoxy) is 2. The van der Waals surface area contributed by atoms with Crippen LogP contribution in [0.25, 0.3) is 16.2 Å². The number of anilines is 1. The standard InChI is InChI=1S/C22H22N4O3S/c1-15-9-11-16(12-10-15)29-13-5-8-20(27)23-21-24-22-26(25-21)18(14-30-22)17-6-3-4-7-19(17)28-2/h3-4,6-7,9-12,14H,5,8,13H2,1-2H3,(H,23,25,27). The molecule has 2 aromatic carbocycles. The molecule has 0 aliphatic rings. The van der Waals surface area contributed by atoms with E-state index in [0.29, 0.717) is 30.4 Å². The van der Waals surface area contributed by atoms with Crippen molar-refractivity contribution in [2.45, 2.75) is 19.8 Å². The molecule has 30 heavy (non-hydrogen) atoms. The van der Waals surface area contributed by atoms with Crippen molar-refractivity contribution < 1.29 is 14.3 Å². The number of para-hydroxylation sites is 1. The number of aromatic nitrogens is 3. The van der Waals surface area contributed by atoms with Crippen molar-refractivity contribution in [2.75, 3.05) is 19.0 Å². The molecule has 7 nitrogen and oxygen atoms in total. The Kier molecular flexibility index (Phi) is 5.94. The molecule has 0 radical (unpaired) electrons. The van der Waals surface area contributed by atoms with Crippen molar-refractivity contribution in [3.05, 3.63) is 59.5 Å². The third-order valence-corrected chi connectivity index (χ3v) is 5.37. The summed E-state index contributed by atoms with van der Waals surface area (Å²) in [5, 5.41) is 9.19. The van der Waals surface area contributed by atoms with E-state index in [1.165, 1.54) is 16.9 Å². The van der Waals surface area contributed by atoms with E-state index in [-0.39, 0.29) is 5.91 Å². The SMILES string of the molecule is COc1ccccc1-c1csc2nc(NC(=O)CCCOc3ccc(C)cc3)nn12. The molecule has 2 aromatic heterocycles. The smallest absolute Gasteiger partial charge is 0.250 e. The van der Waals surface area contributed by atoms with Gasteiger partial charge in [-0.3, -0.25) is 10.1 Å². The first-order valence-corrected chi connectivity index (χ1v) is 10.5. The van der Waals surface area contributed by atoms with E-state index < -0.39 is 0 Å². The molecule has 4 rings (SSSR count). The molecule has 8 heteroatoms. The Bertz CT molecular complexity index is 1150. The summed E-state index contributed by atoms with van der Waals surface area (Å²) < 4.78 is 12.8. The number of amides is 1. The summed E-state index contributed by atoms with van der Waals surface area (Å²) >= 11 is 1.46. The largest absolute Gasteiger partial charge is 0.496 e. The minimum absolute atomic E-state index is 0.139. The third-order valence-electron chi connectivity index (χ3n) is 4.55. The van der Waals surface area contributed by atoms with Crippen molar-refractivity contribution >= 4 is 28.2 Å². The molecule has 0 spiro atoms. The van der Waals surface area contributed by atoms with Crippen molar-refractivity contribution in [1.82, 2.24) is 14.6 Å². The van der Waals surface area contributed by atoms with Crippen LogP contribution in [0.2, 0.25) is 0 Å². The summed E-state index contributed by atoms with van der Waals surface area (Å²) in [5.74, 6) is 1.72. The van der Waals surface area contributed by atoms with Gasteiger partial charge in [-0.15, -0.1) is 16.4 Å². The van der Waals surface area contributed by atoms with Gasteiger partial charge in [0.05, 0.1) is 19.4 Å². The van der Waals surface area contributed by atoms with Gasteiger partial charge in [0.25, 0.3) is 0 Å². The topological polar surface area (TPSA) is 77.8 Å². The van der Waals surface area contributed by atoms with Crippen LogP contribution >= 0.6 is 11.3 Å². The van der Waals surface area contributed by atoms with Crippen LogP contribution in [-0.4, -0.2) is 34.2 Å². The molecule has 2 heterocycles. The van der Waals surface area contributed by atoms with Gasteiger partial charge in [0.1, 0.15) is 11.5 Å². The van der Waals surface area contributed by atoms with Gasteiger partial charge in [-0.25, -0.2) is 4.52 Å². The number of aryl methyl sites for hydroxylation is 1. The summed E-state index contributed by atoms with van der Waals surface area (Å²) in [5.41, 5.74) is 2.97. The van der Waals surface area contributed by atoms with Gasteiger partial charge in [0, 0.05) is 17.4 Å². The highest BCUT2D eigenvalue weighted by molar-refractivity contribution is 7.15. The fourth-order valence-electron chi connectivity index (χ4n) is 3.02. The van der Waals surface area contributed by atoms with Gasteiger partial charge in [-0.1, -0.05) is 29.8 Å². The highest BCUT2D eigenvalue weighted by atomic mass is 32.1. The zero-order valence-corrected chi connectivity index (χ0v) is 17.6. The van der Waals surface area contributed by atoms with Crippen LogP contribution < -0.4 is 14.8 Å². The first kappa shape index (κ1) is 19.9. The number of thiazole rings is 1. The van der Waals surface area contributed by atoms with E-state index in [2.05, 4.69) is 15.4 Å². The molecule has 0 aliphatic carbocycles. The monoisotopic (exact) mass is 422 g/mol.